The van der Waals surface area contributed by atoms with Crippen LogP contribution < -0.4 is 0 Å². The molecule has 0 fully saturated rings. The van der Waals surface area contributed by atoms with Crippen molar-refractivity contribution < 1.29 is 14.3 Å². The number of aromatic nitrogens is 4. The summed E-state index contributed by atoms with van der Waals surface area (Å²) in [5, 5.41) is 11.0. The Bertz CT molecular complexity index is 625. The second-order valence-electron chi connectivity index (χ2n) is 4.76. The predicted molar refractivity (Wildman–Crippen MR) is 77.9 cm³/mol. The molecule has 0 saturated carbocycles. The van der Waals surface area contributed by atoms with E-state index in [-0.39, 0.29) is 18.7 Å². The third kappa shape index (κ3) is 4.76. The van der Waals surface area contributed by atoms with E-state index in [0.717, 1.165) is 5.56 Å². The molecule has 0 bridgehead atoms. The van der Waals surface area contributed by atoms with Gasteiger partial charge in [-0.05, 0) is 29.3 Å². The van der Waals surface area contributed by atoms with Crippen LogP contribution >= 0.6 is 0 Å². The summed E-state index contributed by atoms with van der Waals surface area (Å²) < 4.78 is 6.20. The van der Waals surface area contributed by atoms with E-state index in [1.165, 1.54) is 4.68 Å². The van der Waals surface area contributed by atoms with Crippen molar-refractivity contribution in [3.63, 3.8) is 0 Å². The van der Waals surface area contributed by atoms with Crippen molar-refractivity contribution in [2.24, 2.45) is 0 Å². The number of carbonyl (C=O) groups excluding carboxylic acids is 2. The van der Waals surface area contributed by atoms with Gasteiger partial charge in [0, 0.05) is 6.42 Å². The molecule has 2 aromatic rings. The van der Waals surface area contributed by atoms with E-state index >= 15 is 0 Å². The second kappa shape index (κ2) is 8.02. The number of nitrogens with zero attached hydrogens (tertiary/aromatic N) is 4. The second-order valence-corrected chi connectivity index (χ2v) is 4.76. The molecule has 116 valence electrons. The molecule has 2 rings (SSSR count). The van der Waals surface area contributed by atoms with Crippen LogP contribution in [0.25, 0.3) is 0 Å². The number of rotatable bonds is 8. The Labute approximate surface area is 128 Å². The molecular weight excluding hydrogens is 284 g/mol. The molecule has 0 aliphatic rings. The highest BCUT2D eigenvalue weighted by molar-refractivity contribution is 5.78. The maximum atomic E-state index is 12.0. The number of tetrazole rings is 1. The van der Waals surface area contributed by atoms with Crippen LogP contribution in [0.3, 0.4) is 0 Å². The Hall–Kier alpha value is -2.57. The van der Waals surface area contributed by atoms with Gasteiger partial charge in [0.2, 0.25) is 0 Å². The first-order valence-corrected chi connectivity index (χ1v) is 7.15. The summed E-state index contributed by atoms with van der Waals surface area (Å²) in [6.45, 7) is 2.10. The normalized spacial score (nSPS) is 10.4. The number of ketones is 1. The molecule has 1 heterocycles. The van der Waals surface area contributed by atoms with Crippen molar-refractivity contribution >= 4 is 11.8 Å². The van der Waals surface area contributed by atoms with E-state index in [1.807, 2.05) is 30.3 Å². The Balaban J connectivity index is 1.86. The van der Waals surface area contributed by atoms with Gasteiger partial charge in [-0.1, -0.05) is 30.3 Å². The largest absolute Gasteiger partial charge is 0.466 e. The molecule has 0 aliphatic heterocycles. The fourth-order valence-electron chi connectivity index (χ4n) is 1.99. The first-order valence-electron chi connectivity index (χ1n) is 7.15. The molecule has 7 nitrogen and oxygen atoms in total. The molecule has 0 unspecified atom stereocenters. The average molecular weight is 302 g/mol. The highest BCUT2D eigenvalue weighted by Crippen LogP contribution is 2.04. The van der Waals surface area contributed by atoms with Crippen LogP contribution in [-0.4, -0.2) is 38.6 Å². The SMILES string of the molecule is CCOC(=O)Cc1nnnn1CC(=O)CCc1ccccc1. The van der Waals surface area contributed by atoms with Crippen molar-refractivity contribution in [1.29, 1.82) is 0 Å². The Morgan fingerprint density at radius 1 is 1.23 bits per heavy atom. The monoisotopic (exact) mass is 302 g/mol. The summed E-state index contributed by atoms with van der Waals surface area (Å²) in [5.74, 6) is -0.0527. The molecule has 0 atom stereocenters. The highest BCUT2D eigenvalue weighted by atomic mass is 16.5. The Kier molecular flexibility index (Phi) is 5.76. The van der Waals surface area contributed by atoms with Crippen LogP contribution in [0.4, 0.5) is 0 Å². The van der Waals surface area contributed by atoms with E-state index in [1.54, 1.807) is 6.92 Å². The third-order valence-electron chi connectivity index (χ3n) is 3.08. The van der Waals surface area contributed by atoms with Gasteiger partial charge in [0.25, 0.3) is 0 Å². The minimum absolute atomic E-state index is 0.0151. The lowest BCUT2D eigenvalue weighted by Gasteiger charge is -2.04. The van der Waals surface area contributed by atoms with Gasteiger partial charge in [0.1, 0.15) is 13.0 Å². The van der Waals surface area contributed by atoms with Crippen molar-refractivity contribution in [2.75, 3.05) is 6.61 Å². The molecule has 0 saturated heterocycles. The van der Waals surface area contributed by atoms with Gasteiger partial charge in [-0.3, -0.25) is 9.59 Å². The minimum Gasteiger partial charge on any atom is -0.466 e. The van der Waals surface area contributed by atoms with Gasteiger partial charge in [0.05, 0.1) is 6.61 Å². The molecule has 0 amide bonds. The van der Waals surface area contributed by atoms with Gasteiger partial charge >= 0.3 is 5.97 Å². The molecule has 22 heavy (non-hydrogen) atoms. The maximum absolute atomic E-state index is 12.0. The number of benzene rings is 1. The smallest absolute Gasteiger partial charge is 0.313 e. The van der Waals surface area contributed by atoms with Gasteiger partial charge in [-0.15, -0.1) is 5.10 Å². The summed E-state index contributed by atoms with van der Waals surface area (Å²) in [6.07, 6.45) is 1.05. The predicted octanol–water partition coefficient (Wildman–Crippen LogP) is 0.981. The molecule has 1 aromatic carbocycles. The number of aryl methyl sites for hydroxylation is 1. The minimum atomic E-state index is -0.407. The van der Waals surface area contributed by atoms with E-state index in [9.17, 15) is 9.59 Å². The number of Topliss-reactive ketones (excluding diaryl/α,β-unsaturated/α-hetero) is 1. The lowest BCUT2D eigenvalue weighted by molar-refractivity contribution is -0.142. The van der Waals surface area contributed by atoms with Gasteiger partial charge in [-0.2, -0.15) is 0 Å². The molecular formula is C15H18N4O3. The van der Waals surface area contributed by atoms with Crippen molar-refractivity contribution in [3.05, 3.63) is 41.7 Å². The highest BCUT2D eigenvalue weighted by Gasteiger charge is 2.14. The lowest BCUT2D eigenvalue weighted by Crippen LogP contribution is -2.18. The van der Waals surface area contributed by atoms with E-state index in [4.69, 9.17) is 4.74 Å². The number of hydrogen-bond acceptors (Lipinski definition) is 6. The quantitative estimate of drug-likeness (QED) is 0.676. The van der Waals surface area contributed by atoms with Crippen molar-refractivity contribution in [3.8, 4) is 0 Å². The number of ether oxygens (including phenoxy) is 1. The van der Waals surface area contributed by atoms with Gasteiger partial charge in [-0.25, -0.2) is 4.68 Å². The van der Waals surface area contributed by atoms with Crippen LogP contribution in [0.2, 0.25) is 0 Å². The van der Waals surface area contributed by atoms with E-state index in [2.05, 4.69) is 15.5 Å². The van der Waals surface area contributed by atoms with Crippen LogP contribution in [0.5, 0.6) is 0 Å². The first-order chi connectivity index (χ1) is 10.7. The first kappa shape index (κ1) is 15.8. The van der Waals surface area contributed by atoms with Crippen molar-refractivity contribution in [2.45, 2.75) is 32.7 Å². The fourth-order valence-corrected chi connectivity index (χ4v) is 1.99. The van der Waals surface area contributed by atoms with Gasteiger partial charge in [0.15, 0.2) is 11.6 Å². The number of esters is 1. The number of hydrogen-bond donors (Lipinski definition) is 0. The summed E-state index contributed by atoms with van der Waals surface area (Å²) in [7, 11) is 0. The molecule has 0 aliphatic carbocycles. The van der Waals surface area contributed by atoms with E-state index in [0.29, 0.717) is 25.3 Å². The maximum Gasteiger partial charge on any atom is 0.313 e. The molecule has 0 N–H and O–H groups in total. The summed E-state index contributed by atoms with van der Waals surface area (Å²) in [5.41, 5.74) is 1.11. The standard InChI is InChI=1S/C15H18N4O3/c1-2-22-15(21)10-14-16-17-18-19(14)11-13(20)9-8-12-6-4-3-5-7-12/h3-7H,2,8-11H2,1H3. The fraction of sp³-hybridized carbons (Fsp3) is 0.400. The van der Waals surface area contributed by atoms with Gasteiger partial charge < -0.3 is 4.74 Å². The van der Waals surface area contributed by atoms with Crippen LogP contribution in [-0.2, 0) is 33.7 Å². The zero-order valence-electron chi connectivity index (χ0n) is 12.4. The Morgan fingerprint density at radius 3 is 2.73 bits per heavy atom. The van der Waals surface area contributed by atoms with Crippen LogP contribution in [0.1, 0.15) is 24.7 Å². The summed E-state index contributed by atoms with van der Waals surface area (Å²) in [4.78, 5) is 23.5. The summed E-state index contributed by atoms with van der Waals surface area (Å²) in [6, 6.07) is 9.79. The van der Waals surface area contributed by atoms with Crippen LogP contribution in [0.15, 0.2) is 30.3 Å². The van der Waals surface area contributed by atoms with Crippen molar-refractivity contribution in [1.82, 2.24) is 20.2 Å². The topological polar surface area (TPSA) is 87.0 Å². The molecule has 1 aromatic heterocycles. The molecule has 0 radical (unpaired) electrons. The molecule has 7 heteroatoms. The van der Waals surface area contributed by atoms with Crippen LogP contribution in [0, 0.1) is 0 Å². The average Bonchev–Trinajstić information content (AvgIpc) is 2.93. The zero-order valence-corrected chi connectivity index (χ0v) is 12.4. The zero-order chi connectivity index (χ0) is 15.8. The number of carbonyl (C=O) groups is 2. The lowest BCUT2D eigenvalue weighted by atomic mass is 10.1. The molecule has 0 spiro atoms. The third-order valence-corrected chi connectivity index (χ3v) is 3.08. The van der Waals surface area contributed by atoms with E-state index < -0.39 is 5.97 Å². The Morgan fingerprint density at radius 2 is 2.00 bits per heavy atom. The summed E-state index contributed by atoms with van der Waals surface area (Å²) >= 11 is 0.